The number of carbonyl (C=O) groups is 4. The number of phenolic OH excluding ortho intramolecular Hbond substituents is 2. The normalized spacial score (nSPS) is 13.9. The number of rotatable bonds is 17. The van der Waals surface area contributed by atoms with E-state index in [1.807, 2.05) is 13.8 Å². The van der Waals surface area contributed by atoms with E-state index in [9.17, 15) is 34.5 Å². The lowest BCUT2D eigenvalue weighted by atomic mass is 9.99. The molecule has 0 aromatic heterocycles. The molecule has 4 unspecified atom stereocenters. The van der Waals surface area contributed by atoms with Gasteiger partial charge in [-0.3, -0.25) is 14.4 Å². The fourth-order valence-corrected chi connectivity index (χ4v) is 4.31. The minimum absolute atomic E-state index is 0.00957. The highest BCUT2D eigenvalue weighted by atomic mass is 16.4. The molecular formula is C30H43N5O7. The van der Waals surface area contributed by atoms with Gasteiger partial charge < -0.3 is 42.7 Å². The molecule has 0 saturated heterocycles. The van der Waals surface area contributed by atoms with Crippen molar-refractivity contribution in [1.29, 1.82) is 0 Å². The van der Waals surface area contributed by atoms with Crippen molar-refractivity contribution < 1.29 is 34.5 Å². The highest BCUT2D eigenvalue weighted by Gasteiger charge is 2.31. The van der Waals surface area contributed by atoms with Crippen LogP contribution < -0.4 is 27.4 Å². The Morgan fingerprint density at radius 1 is 0.714 bits per heavy atom. The Kier molecular flexibility index (Phi) is 13.7. The fraction of sp³-hybridized carbons (Fsp3) is 0.467. The van der Waals surface area contributed by atoms with Crippen molar-refractivity contribution in [1.82, 2.24) is 16.0 Å². The van der Waals surface area contributed by atoms with Gasteiger partial charge in [0.1, 0.15) is 29.6 Å². The number of nitrogens with two attached hydrogens (primary N) is 2. The number of aliphatic carboxylic acids is 1. The zero-order valence-corrected chi connectivity index (χ0v) is 24.1. The number of aromatic hydroxyl groups is 2. The van der Waals surface area contributed by atoms with Crippen LogP contribution in [0.4, 0.5) is 0 Å². The predicted octanol–water partition coefficient (Wildman–Crippen LogP) is 0.924. The predicted molar refractivity (Wildman–Crippen MR) is 157 cm³/mol. The van der Waals surface area contributed by atoms with Crippen LogP contribution in [0.3, 0.4) is 0 Å². The maximum Gasteiger partial charge on any atom is 0.326 e. The lowest BCUT2D eigenvalue weighted by Gasteiger charge is -2.26. The Morgan fingerprint density at radius 2 is 1.17 bits per heavy atom. The van der Waals surface area contributed by atoms with Crippen molar-refractivity contribution in [3.05, 3.63) is 59.7 Å². The van der Waals surface area contributed by atoms with Crippen molar-refractivity contribution in [3.63, 3.8) is 0 Å². The zero-order valence-electron chi connectivity index (χ0n) is 24.1. The molecule has 3 amide bonds. The molecule has 0 heterocycles. The van der Waals surface area contributed by atoms with Crippen molar-refractivity contribution in [2.45, 2.75) is 76.5 Å². The number of hydrogen-bond acceptors (Lipinski definition) is 8. The van der Waals surface area contributed by atoms with Gasteiger partial charge in [-0.25, -0.2) is 4.79 Å². The Hall–Kier alpha value is -4.16. The molecule has 2 aromatic rings. The van der Waals surface area contributed by atoms with Crippen LogP contribution in [-0.4, -0.2) is 69.7 Å². The Labute approximate surface area is 245 Å². The van der Waals surface area contributed by atoms with E-state index in [1.54, 1.807) is 24.3 Å². The molecule has 12 heteroatoms. The molecule has 0 spiro atoms. The molecule has 2 aromatic carbocycles. The van der Waals surface area contributed by atoms with E-state index in [0.717, 1.165) is 6.42 Å². The van der Waals surface area contributed by atoms with Gasteiger partial charge in [-0.05, 0) is 67.1 Å². The first-order valence-corrected chi connectivity index (χ1v) is 14.0. The molecule has 0 aliphatic carbocycles. The van der Waals surface area contributed by atoms with E-state index >= 15 is 0 Å². The number of hydrogen-bond donors (Lipinski definition) is 8. The van der Waals surface area contributed by atoms with Crippen LogP contribution in [0.2, 0.25) is 0 Å². The van der Waals surface area contributed by atoms with E-state index < -0.39 is 47.9 Å². The molecule has 42 heavy (non-hydrogen) atoms. The largest absolute Gasteiger partial charge is 0.508 e. The molecule has 0 aliphatic rings. The number of carboxylic acid groups (broad SMARTS) is 1. The average Bonchev–Trinajstić information content (AvgIpc) is 2.93. The molecule has 4 atom stereocenters. The third kappa shape index (κ3) is 11.8. The smallest absolute Gasteiger partial charge is 0.326 e. The number of carbonyl (C=O) groups excluding carboxylic acids is 3. The highest BCUT2D eigenvalue weighted by Crippen LogP contribution is 2.14. The molecule has 10 N–H and O–H groups in total. The maximum atomic E-state index is 13.5. The summed E-state index contributed by atoms with van der Waals surface area (Å²) in [5, 5.41) is 36.8. The van der Waals surface area contributed by atoms with Crippen molar-refractivity contribution in [2.75, 3.05) is 6.54 Å². The number of amides is 3. The first-order chi connectivity index (χ1) is 19.9. The molecule has 0 radical (unpaired) electrons. The molecule has 0 fully saturated rings. The summed E-state index contributed by atoms with van der Waals surface area (Å²) < 4.78 is 0. The first-order valence-electron chi connectivity index (χ1n) is 14.0. The second-order valence-corrected chi connectivity index (χ2v) is 10.8. The average molecular weight is 586 g/mol. The van der Waals surface area contributed by atoms with Gasteiger partial charge in [-0.2, -0.15) is 0 Å². The van der Waals surface area contributed by atoms with E-state index in [1.165, 1.54) is 24.3 Å². The molecule has 0 bridgehead atoms. The third-order valence-corrected chi connectivity index (χ3v) is 6.65. The summed E-state index contributed by atoms with van der Waals surface area (Å²) in [6, 6.07) is 7.63. The number of benzene rings is 2. The quantitative estimate of drug-likeness (QED) is 0.124. The van der Waals surface area contributed by atoms with Crippen LogP contribution in [0, 0.1) is 5.92 Å². The van der Waals surface area contributed by atoms with Crippen LogP contribution in [0.1, 0.15) is 50.7 Å². The minimum atomic E-state index is -1.32. The van der Waals surface area contributed by atoms with Gasteiger partial charge in [0.05, 0.1) is 6.04 Å². The third-order valence-electron chi connectivity index (χ3n) is 6.65. The van der Waals surface area contributed by atoms with Crippen LogP contribution in [0.25, 0.3) is 0 Å². The van der Waals surface area contributed by atoms with Gasteiger partial charge >= 0.3 is 5.97 Å². The summed E-state index contributed by atoms with van der Waals surface area (Å²) in [5.41, 5.74) is 12.7. The lowest BCUT2D eigenvalue weighted by molar-refractivity contribution is -0.142. The Balaban J connectivity index is 2.24. The van der Waals surface area contributed by atoms with E-state index in [2.05, 4.69) is 16.0 Å². The van der Waals surface area contributed by atoms with E-state index in [-0.39, 0.29) is 36.7 Å². The summed E-state index contributed by atoms with van der Waals surface area (Å²) in [6.45, 7) is 4.25. The Morgan fingerprint density at radius 3 is 1.64 bits per heavy atom. The number of unbranched alkanes of at least 4 members (excludes halogenated alkanes) is 1. The van der Waals surface area contributed by atoms with Gasteiger partial charge in [0.25, 0.3) is 0 Å². The van der Waals surface area contributed by atoms with Crippen molar-refractivity contribution >= 4 is 23.7 Å². The zero-order chi connectivity index (χ0) is 31.2. The minimum Gasteiger partial charge on any atom is -0.508 e. The van der Waals surface area contributed by atoms with Crippen molar-refractivity contribution in [2.24, 2.45) is 17.4 Å². The first kappa shape index (κ1) is 34.0. The maximum absolute atomic E-state index is 13.5. The summed E-state index contributed by atoms with van der Waals surface area (Å²) in [7, 11) is 0. The van der Waals surface area contributed by atoms with Gasteiger partial charge in [-0.15, -0.1) is 0 Å². The Bertz CT molecular complexity index is 1170. The van der Waals surface area contributed by atoms with Gasteiger partial charge in [0, 0.05) is 12.8 Å². The summed E-state index contributed by atoms with van der Waals surface area (Å²) >= 11 is 0. The van der Waals surface area contributed by atoms with Gasteiger partial charge in [0.2, 0.25) is 17.7 Å². The number of nitrogens with one attached hydrogen (secondary N) is 3. The lowest BCUT2D eigenvalue weighted by Crippen LogP contribution is -2.58. The molecule has 2 rings (SSSR count). The van der Waals surface area contributed by atoms with Crippen molar-refractivity contribution in [3.8, 4) is 11.5 Å². The van der Waals surface area contributed by atoms with Crippen LogP contribution >= 0.6 is 0 Å². The van der Waals surface area contributed by atoms with Gasteiger partial charge in [0.15, 0.2) is 0 Å². The van der Waals surface area contributed by atoms with E-state index in [4.69, 9.17) is 11.5 Å². The number of phenols is 2. The SMILES string of the molecule is CC(C)CC(NC(=O)C(N)CCCCN)C(=O)NC(Cc1ccc(O)cc1)C(=O)NC(Cc1ccc(O)cc1)C(=O)O. The van der Waals surface area contributed by atoms with E-state index in [0.29, 0.717) is 30.5 Å². The van der Waals surface area contributed by atoms with Gasteiger partial charge in [-0.1, -0.05) is 44.5 Å². The molecule has 12 nitrogen and oxygen atoms in total. The molecule has 0 saturated carbocycles. The topological polar surface area (TPSA) is 217 Å². The fourth-order valence-electron chi connectivity index (χ4n) is 4.31. The second-order valence-electron chi connectivity index (χ2n) is 10.8. The molecular weight excluding hydrogens is 542 g/mol. The summed E-state index contributed by atoms with van der Waals surface area (Å²) in [6.07, 6.45) is 1.99. The summed E-state index contributed by atoms with van der Waals surface area (Å²) in [4.78, 5) is 51.7. The highest BCUT2D eigenvalue weighted by molar-refractivity contribution is 5.94. The summed E-state index contributed by atoms with van der Waals surface area (Å²) in [5.74, 6) is -3.07. The molecule has 230 valence electrons. The van der Waals surface area contributed by atoms with Crippen LogP contribution in [0.15, 0.2) is 48.5 Å². The number of carboxylic acids is 1. The second kappa shape index (κ2) is 16.9. The standard InChI is InChI=1S/C30H43N5O7/c1-18(2)15-24(33-27(38)23(32)5-3-4-14-31)28(39)34-25(16-19-6-10-21(36)11-7-19)29(40)35-26(30(41)42)17-20-8-12-22(37)13-9-20/h6-13,18,23-26,36-37H,3-5,14-17,31-32H2,1-2H3,(H,33,38)(H,34,39)(H,35,40)(H,41,42). The monoisotopic (exact) mass is 585 g/mol. The van der Waals surface area contributed by atoms with Crippen LogP contribution in [0.5, 0.6) is 11.5 Å². The van der Waals surface area contributed by atoms with Crippen LogP contribution in [-0.2, 0) is 32.0 Å². The molecule has 0 aliphatic heterocycles.